The van der Waals surface area contributed by atoms with Crippen molar-refractivity contribution in [2.45, 2.75) is 40.0 Å². The Hall–Kier alpha value is -1.74. The smallest absolute Gasteiger partial charge is 0.134 e. The van der Waals surface area contributed by atoms with Crippen molar-refractivity contribution >= 4 is 0 Å². The topological polar surface area (TPSA) is 56.8 Å². The van der Waals surface area contributed by atoms with Gasteiger partial charge in [-0.05, 0) is 38.3 Å². The minimum Gasteiger partial charge on any atom is -0.492 e. The van der Waals surface area contributed by atoms with Gasteiger partial charge in [0.25, 0.3) is 0 Å². The van der Waals surface area contributed by atoms with E-state index in [0.29, 0.717) is 24.4 Å². The lowest BCUT2D eigenvalue weighted by molar-refractivity contribution is 0.209. The summed E-state index contributed by atoms with van der Waals surface area (Å²) in [6, 6.07) is 4.45. The quantitative estimate of drug-likeness (QED) is 0.695. The van der Waals surface area contributed by atoms with Gasteiger partial charge in [0.1, 0.15) is 11.8 Å². The summed E-state index contributed by atoms with van der Waals surface area (Å²) in [4.78, 5) is 0. The van der Waals surface area contributed by atoms with Crippen molar-refractivity contribution < 1.29 is 4.74 Å². The lowest BCUT2D eigenvalue weighted by Gasteiger charge is -2.25. The summed E-state index contributed by atoms with van der Waals surface area (Å²) in [7, 11) is 0. The van der Waals surface area contributed by atoms with Crippen molar-refractivity contribution in [1.82, 2.24) is 0 Å². The molecule has 0 saturated heterocycles. The van der Waals surface area contributed by atoms with Crippen LogP contribution in [0.5, 0.6) is 0 Å². The first-order chi connectivity index (χ1) is 8.06. The molecule has 0 radical (unpaired) electrons. The molecule has 0 spiro atoms. The average Bonchev–Trinajstić information content (AvgIpc) is 2.29. The second-order valence-corrected chi connectivity index (χ2v) is 4.68. The third-order valence-corrected chi connectivity index (χ3v) is 2.88. The lowest BCUT2D eigenvalue weighted by Crippen LogP contribution is -2.18. The van der Waals surface area contributed by atoms with Crippen LogP contribution in [0.25, 0.3) is 0 Å². The van der Waals surface area contributed by atoms with E-state index < -0.39 is 5.41 Å². The van der Waals surface area contributed by atoms with E-state index in [9.17, 15) is 0 Å². The highest BCUT2D eigenvalue weighted by molar-refractivity contribution is 5.47. The molecule has 1 atom stereocenters. The van der Waals surface area contributed by atoms with Crippen LogP contribution in [0.1, 0.15) is 40.0 Å². The number of unbranched alkanes of at least 4 members (excludes halogenated alkanes) is 1. The van der Waals surface area contributed by atoms with Gasteiger partial charge in [0.15, 0.2) is 0 Å². The van der Waals surface area contributed by atoms with Crippen molar-refractivity contribution in [1.29, 1.82) is 10.5 Å². The summed E-state index contributed by atoms with van der Waals surface area (Å²) in [5, 5.41) is 18.3. The molecule has 3 heteroatoms. The summed E-state index contributed by atoms with van der Waals surface area (Å²) in [6.45, 7) is 6.45. The van der Waals surface area contributed by atoms with Gasteiger partial charge < -0.3 is 4.74 Å². The number of hydrogen-bond donors (Lipinski definition) is 0. The highest BCUT2D eigenvalue weighted by Crippen LogP contribution is 2.37. The molecule has 0 N–H and O–H groups in total. The third-order valence-electron chi connectivity index (χ3n) is 2.88. The second-order valence-electron chi connectivity index (χ2n) is 4.68. The van der Waals surface area contributed by atoms with Crippen LogP contribution >= 0.6 is 0 Å². The van der Waals surface area contributed by atoms with Crippen LogP contribution in [0.2, 0.25) is 0 Å². The Balaban J connectivity index is 2.95. The first kappa shape index (κ1) is 13.3. The molecule has 0 aliphatic heterocycles. The molecule has 1 unspecified atom stereocenters. The van der Waals surface area contributed by atoms with Gasteiger partial charge in [0.2, 0.25) is 0 Å². The van der Waals surface area contributed by atoms with Gasteiger partial charge in [-0.2, -0.15) is 10.5 Å². The molecule has 0 amide bonds. The molecule has 0 aromatic rings. The maximum Gasteiger partial charge on any atom is 0.134 e. The molecule has 90 valence electrons. The Kier molecular flexibility index (Phi) is 4.35. The van der Waals surface area contributed by atoms with E-state index in [2.05, 4.69) is 19.1 Å². The van der Waals surface area contributed by atoms with Gasteiger partial charge in [-0.25, -0.2) is 0 Å². The van der Waals surface area contributed by atoms with Crippen LogP contribution in [0.15, 0.2) is 23.0 Å². The Morgan fingerprint density at radius 3 is 2.71 bits per heavy atom. The molecule has 0 aromatic carbocycles. The van der Waals surface area contributed by atoms with E-state index in [0.717, 1.165) is 18.4 Å². The van der Waals surface area contributed by atoms with Gasteiger partial charge in [-0.3, -0.25) is 0 Å². The molecule has 1 rings (SSSR count). The van der Waals surface area contributed by atoms with Crippen molar-refractivity contribution in [3.63, 3.8) is 0 Å². The van der Waals surface area contributed by atoms with Crippen LogP contribution < -0.4 is 0 Å². The fourth-order valence-electron chi connectivity index (χ4n) is 1.92. The maximum atomic E-state index is 9.16. The van der Waals surface area contributed by atoms with Crippen molar-refractivity contribution in [3.8, 4) is 12.1 Å². The Bertz CT molecular complexity index is 434. The van der Waals surface area contributed by atoms with Crippen molar-refractivity contribution in [2.75, 3.05) is 6.61 Å². The number of nitrogens with zero attached hydrogens (tertiary/aromatic N) is 2. The lowest BCUT2D eigenvalue weighted by atomic mass is 9.79. The minimum absolute atomic E-state index is 0.550. The van der Waals surface area contributed by atoms with Crippen LogP contribution in [0.4, 0.5) is 0 Å². The maximum absolute atomic E-state index is 9.16. The predicted molar refractivity (Wildman–Crippen MR) is 65.6 cm³/mol. The average molecular weight is 230 g/mol. The minimum atomic E-state index is -0.550. The first-order valence-corrected chi connectivity index (χ1v) is 5.93. The number of allylic oxidation sites excluding steroid dienone is 3. The van der Waals surface area contributed by atoms with Crippen LogP contribution in [0, 0.1) is 28.1 Å². The Labute approximate surface area is 103 Å². The second kappa shape index (κ2) is 5.55. The number of ether oxygens (including phenoxy) is 1. The summed E-state index contributed by atoms with van der Waals surface area (Å²) in [5.41, 5.74) is 0.978. The first-order valence-electron chi connectivity index (χ1n) is 5.93. The molecular weight excluding hydrogens is 212 g/mol. The molecule has 1 aliphatic rings. The van der Waals surface area contributed by atoms with E-state index in [1.807, 2.05) is 13.8 Å². The van der Waals surface area contributed by atoms with Gasteiger partial charge >= 0.3 is 0 Å². The fraction of sp³-hybridized carbons (Fsp3) is 0.571. The number of hydrogen-bond acceptors (Lipinski definition) is 3. The van der Waals surface area contributed by atoms with E-state index in [1.165, 1.54) is 0 Å². The fourth-order valence-corrected chi connectivity index (χ4v) is 1.92. The molecule has 0 aromatic heterocycles. The monoisotopic (exact) mass is 230 g/mol. The zero-order valence-corrected chi connectivity index (χ0v) is 10.7. The predicted octanol–water partition coefficient (Wildman–Crippen LogP) is 3.46. The van der Waals surface area contributed by atoms with Gasteiger partial charge in [0, 0.05) is 0 Å². The molecule has 1 aliphatic carbocycles. The largest absolute Gasteiger partial charge is 0.492 e. The molecule has 0 saturated carbocycles. The summed E-state index contributed by atoms with van der Waals surface area (Å²) < 4.78 is 5.62. The summed E-state index contributed by atoms with van der Waals surface area (Å²) >= 11 is 0. The van der Waals surface area contributed by atoms with E-state index in [-0.39, 0.29) is 0 Å². The molecular formula is C14H18N2O. The Morgan fingerprint density at radius 1 is 1.47 bits per heavy atom. The Morgan fingerprint density at radius 2 is 2.18 bits per heavy atom. The van der Waals surface area contributed by atoms with Crippen LogP contribution in [-0.4, -0.2) is 6.61 Å². The van der Waals surface area contributed by atoms with Gasteiger partial charge in [0.05, 0.1) is 23.7 Å². The molecule has 17 heavy (non-hydrogen) atoms. The highest BCUT2D eigenvalue weighted by Gasteiger charge is 2.30. The molecule has 0 fully saturated rings. The summed E-state index contributed by atoms with van der Waals surface area (Å²) in [5.74, 6) is 0.578. The molecule has 3 nitrogen and oxygen atoms in total. The third kappa shape index (κ3) is 3.11. The number of nitriles is 2. The standard InChI is InChI=1S/C14H18N2O/c1-4-5-6-17-13-8-14(3,10-16)7-11(2)12(13)9-15/h8H,4-7H2,1-3H3. The zero-order chi connectivity index (χ0) is 12.9. The normalized spacial score (nSPS) is 23.7. The highest BCUT2D eigenvalue weighted by atomic mass is 16.5. The number of rotatable bonds is 4. The van der Waals surface area contributed by atoms with E-state index in [1.54, 1.807) is 6.08 Å². The van der Waals surface area contributed by atoms with Crippen LogP contribution in [-0.2, 0) is 4.74 Å². The van der Waals surface area contributed by atoms with Crippen LogP contribution in [0.3, 0.4) is 0 Å². The summed E-state index contributed by atoms with van der Waals surface area (Å²) in [6.07, 6.45) is 4.40. The van der Waals surface area contributed by atoms with Crippen molar-refractivity contribution in [2.24, 2.45) is 5.41 Å². The van der Waals surface area contributed by atoms with Gasteiger partial charge in [-0.15, -0.1) is 0 Å². The van der Waals surface area contributed by atoms with Crippen molar-refractivity contribution in [3.05, 3.63) is 23.0 Å². The molecule has 0 heterocycles. The van der Waals surface area contributed by atoms with E-state index >= 15 is 0 Å². The SMILES string of the molecule is CCCCOC1=CC(C)(C#N)CC(C)=C1C#N. The van der Waals surface area contributed by atoms with Gasteiger partial charge in [-0.1, -0.05) is 13.3 Å². The zero-order valence-electron chi connectivity index (χ0n) is 10.7. The molecule has 0 bridgehead atoms. The van der Waals surface area contributed by atoms with E-state index in [4.69, 9.17) is 15.3 Å².